The first-order valence-corrected chi connectivity index (χ1v) is 10.0. The van der Waals surface area contributed by atoms with Gasteiger partial charge in [-0.2, -0.15) is 0 Å². The summed E-state index contributed by atoms with van der Waals surface area (Å²) in [6.45, 7) is 4.08. The Morgan fingerprint density at radius 3 is 2.59 bits per heavy atom. The number of amides is 1. The van der Waals surface area contributed by atoms with Crippen molar-refractivity contribution in [3.8, 4) is 11.5 Å². The smallest absolute Gasteiger partial charge is 0.257 e. The molecule has 5 heterocycles. The molecule has 1 aliphatic carbocycles. The molecule has 0 spiro atoms. The molecule has 0 aromatic carbocycles. The molecule has 27 heavy (non-hydrogen) atoms. The van der Waals surface area contributed by atoms with Gasteiger partial charge in [0.05, 0.1) is 5.56 Å². The van der Waals surface area contributed by atoms with Crippen molar-refractivity contribution in [1.29, 1.82) is 0 Å². The summed E-state index contributed by atoms with van der Waals surface area (Å²) < 4.78 is 0. The second-order valence-corrected chi connectivity index (χ2v) is 8.21. The molecule has 1 saturated carbocycles. The molecule has 3 aliphatic heterocycles. The Kier molecular flexibility index (Phi) is 4.36. The summed E-state index contributed by atoms with van der Waals surface area (Å²) in [4.78, 5) is 30.8. The summed E-state index contributed by atoms with van der Waals surface area (Å²) in [5.74, 6) is 2.12. The zero-order valence-corrected chi connectivity index (χ0v) is 15.5. The van der Waals surface area contributed by atoms with Gasteiger partial charge >= 0.3 is 0 Å². The maximum absolute atomic E-state index is 13.1. The first kappa shape index (κ1) is 16.8. The van der Waals surface area contributed by atoms with Crippen molar-refractivity contribution in [1.82, 2.24) is 24.8 Å². The number of hydrogen-bond donors (Lipinski definition) is 0. The van der Waals surface area contributed by atoms with Crippen LogP contribution in [0.1, 0.15) is 36.0 Å². The average molecular weight is 363 g/mol. The number of fused-ring (bicyclic) bond motifs is 4. The molecular formula is C21H25N5O. The lowest BCUT2D eigenvalue weighted by atomic mass is 9.95. The van der Waals surface area contributed by atoms with Crippen LogP contribution in [0.25, 0.3) is 11.5 Å². The van der Waals surface area contributed by atoms with Crippen molar-refractivity contribution >= 4 is 5.91 Å². The standard InChI is InChI=1S/C21H25N5O/c27-21(17-9-23-20(24-10-17)19-3-1-2-8-22-19)26-13-16-6-7-18(14-26)25(12-16)11-15-4-5-15/h1-3,8-10,15-16,18H,4-7,11-14H2/t16-,18-/m1/s1. The Bertz CT molecular complexity index is 805. The Morgan fingerprint density at radius 2 is 1.85 bits per heavy atom. The van der Waals surface area contributed by atoms with E-state index in [9.17, 15) is 4.79 Å². The predicted molar refractivity (Wildman–Crippen MR) is 102 cm³/mol. The Hall–Kier alpha value is -2.34. The second-order valence-electron chi connectivity index (χ2n) is 8.21. The van der Waals surface area contributed by atoms with Crippen molar-refractivity contribution in [2.45, 2.75) is 31.7 Å². The number of nitrogens with zero attached hydrogens (tertiary/aromatic N) is 5. The third-order valence-corrected chi connectivity index (χ3v) is 6.10. The highest BCUT2D eigenvalue weighted by atomic mass is 16.2. The molecular weight excluding hydrogens is 338 g/mol. The molecule has 1 amide bonds. The molecule has 4 aliphatic rings. The zero-order valence-electron chi connectivity index (χ0n) is 15.5. The predicted octanol–water partition coefficient (Wildman–Crippen LogP) is 2.49. The van der Waals surface area contributed by atoms with Crippen LogP contribution in [0.5, 0.6) is 0 Å². The molecule has 0 unspecified atom stereocenters. The Morgan fingerprint density at radius 1 is 1.00 bits per heavy atom. The normalized spacial score (nSPS) is 25.4. The molecule has 2 atom stereocenters. The van der Waals surface area contributed by atoms with Gasteiger partial charge in [-0.15, -0.1) is 0 Å². The van der Waals surface area contributed by atoms with E-state index < -0.39 is 0 Å². The van der Waals surface area contributed by atoms with E-state index in [1.165, 1.54) is 32.2 Å². The summed E-state index contributed by atoms with van der Waals surface area (Å²) in [5.41, 5.74) is 1.30. The fraction of sp³-hybridized carbons (Fsp3) is 0.524. The molecule has 6 nitrogen and oxygen atoms in total. The lowest BCUT2D eigenvalue weighted by Gasteiger charge is -2.36. The molecule has 2 aromatic rings. The summed E-state index contributed by atoms with van der Waals surface area (Å²) >= 11 is 0. The molecule has 6 heteroatoms. The highest BCUT2D eigenvalue weighted by molar-refractivity contribution is 5.93. The lowest BCUT2D eigenvalue weighted by molar-refractivity contribution is 0.0736. The summed E-state index contributed by atoms with van der Waals surface area (Å²) in [6.07, 6.45) is 10.2. The number of pyridine rings is 1. The van der Waals surface area contributed by atoms with Gasteiger partial charge < -0.3 is 4.90 Å². The van der Waals surface area contributed by atoms with Crippen LogP contribution in [-0.2, 0) is 0 Å². The quantitative estimate of drug-likeness (QED) is 0.835. The molecule has 3 saturated heterocycles. The SMILES string of the molecule is O=C(c1cnc(-c2ccccn2)nc1)N1C[C@@H]2CC[C@H](C1)N(CC1CC1)C2. The van der Waals surface area contributed by atoms with Gasteiger partial charge in [0.15, 0.2) is 5.82 Å². The highest BCUT2D eigenvalue weighted by Gasteiger charge is 2.38. The van der Waals surface area contributed by atoms with E-state index in [-0.39, 0.29) is 5.91 Å². The van der Waals surface area contributed by atoms with Gasteiger partial charge in [-0.05, 0) is 49.7 Å². The fourth-order valence-corrected chi connectivity index (χ4v) is 4.45. The zero-order chi connectivity index (χ0) is 18.2. The van der Waals surface area contributed by atoms with Crippen LogP contribution < -0.4 is 0 Å². The van der Waals surface area contributed by atoms with Gasteiger partial charge in [-0.3, -0.25) is 14.7 Å². The molecule has 2 bridgehead atoms. The number of carbonyl (C=O) groups excluding carboxylic acids is 1. The van der Waals surface area contributed by atoms with Crippen molar-refractivity contribution in [2.24, 2.45) is 11.8 Å². The third-order valence-electron chi connectivity index (χ3n) is 6.10. The first-order valence-electron chi connectivity index (χ1n) is 10.0. The van der Waals surface area contributed by atoms with Gasteiger partial charge in [0, 0.05) is 50.8 Å². The van der Waals surface area contributed by atoms with E-state index >= 15 is 0 Å². The number of aromatic nitrogens is 3. The lowest BCUT2D eigenvalue weighted by Crippen LogP contribution is -2.45. The number of piperidine rings is 1. The minimum Gasteiger partial charge on any atom is -0.337 e. The van der Waals surface area contributed by atoms with Crippen LogP contribution >= 0.6 is 0 Å². The van der Waals surface area contributed by atoms with E-state index in [1.807, 2.05) is 23.1 Å². The van der Waals surface area contributed by atoms with Crippen LogP contribution in [0.2, 0.25) is 0 Å². The average Bonchev–Trinajstić information content (AvgIpc) is 3.56. The van der Waals surface area contributed by atoms with Crippen LogP contribution in [0.3, 0.4) is 0 Å². The van der Waals surface area contributed by atoms with Gasteiger partial charge in [-0.1, -0.05) is 6.07 Å². The van der Waals surface area contributed by atoms with Gasteiger partial charge in [0.1, 0.15) is 5.69 Å². The van der Waals surface area contributed by atoms with Gasteiger partial charge in [0.25, 0.3) is 5.91 Å². The summed E-state index contributed by atoms with van der Waals surface area (Å²) in [6, 6.07) is 6.16. The summed E-state index contributed by atoms with van der Waals surface area (Å²) in [5, 5.41) is 0. The largest absolute Gasteiger partial charge is 0.337 e. The minimum absolute atomic E-state index is 0.0627. The molecule has 0 radical (unpaired) electrons. The minimum atomic E-state index is 0.0627. The van der Waals surface area contributed by atoms with Gasteiger partial charge in [0.2, 0.25) is 0 Å². The maximum atomic E-state index is 13.1. The van der Waals surface area contributed by atoms with Gasteiger partial charge in [-0.25, -0.2) is 9.97 Å². The number of rotatable bonds is 4. The topological polar surface area (TPSA) is 62.2 Å². The molecule has 6 rings (SSSR count). The highest BCUT2D eigenvalue weighted by Crippen LogP contribution is 2.35. The molecule has 0 N–H and O–H groups in total. The van der Waals surface area contributed by atoms with Crippen molar-refractivity contribution in [3.63, 3.8) is 0 Å². The van der Waals surface area contributed by atoms with Crippen LogP contribution in [0, 0.1) is 11.8 Å². The van der Waals surface area contributed by atoms with Crippen LogP contribution in [0.4, 0.5) is 0 Å². The van der Waals surface area contributed by atoms with E-state index in [4.69, 9.17) is 0 Å². The van der Waals surface area contributed by atoms with E-state index in [1.54, 1.807) is 18.6 Å². The van der Waals surface area contributed by atoms with Crippen molar-refractivity contribution in [2.75, 3.05) is 26.2 Å². The fourth-order valence-electron chi connectivity index (χ4n) is 4.45. The number of carbonyl (C=O) groups is 1. The van der Waals surface area contributed by atoms with E-state index in [0.29, 0.717) is 23.3 Å². The van der Waals surface area contributed by atoms with Crippen molar-refractivity contribution < 1.29 is 4.79 Å². The first-order chi connectivity index (χ1) is 13.3. The van der Waals surface area contributed by atoms with Crippen LogP contribution in [0.15, 0.2) is 36.8 Å². The van der Waals surface area contributed by atoms with Crippen LogP contribution in [-0.4, -0.2) is 62.9 Å². The third kappa shape index (κ3) is 3.58. The molecule has 4 fully saturated rings. The Balaban J connectivity index is 1.30. The van der Waals surface area contributed by atoms with E-state index in [2.05, 4.69) is 19.9 Å². The van der Waals surface area contributed by atoms with E-state index in [0.717, 1.165) is 31.2 Å². The maximum Gasteiger partial charge on any atom is 0.257 e. The van der Waals surface area contributed by atoms with Crippen molar-refractivity contribution in [3.05, 3.63) is 42.4 Å². The molecule has 140 valence electrons. The summed E-state index contributed by atoms with van der Waals surface area (Å²) in [7, 11) is 0. The Labute approximate surface area is 159 Å². The second kappa shape index (κ2) is 7.00. The molecule has 2 aromatic heterocycles. The monoisotopic (exact) mass is 363 g/mol. The number of hydrogen-bond acceptors (Lipinski definition) is 5.